The number of carbonyl (C=O) groups excluding carboxylic acids is 1. The Morgan fingerprint density at radius 2 is 1.63 bits per heavy atom. The predicted molar refractivity (Wildman–Crippen MR) is 103 cm³/mol. The van der Waals surface area contributed by atoms with E-state index in [0.29, 0.717) is 38.9 Å². The fourth-order valence-electron chi connectivity index (χ4n) is 3.90. The number of hydrogen-bond acceptors (Lipinski definition) is 5. The molecule has 0 spiro atoms. The number of nitrogens with zero attached hydrogens (tertiary/aromatic N) is 2. The van der Waals surface area contributed by atoms with Gasteiger partial charge in [-0.25, -0.2) is 21.1 Å². The molecule has 0 N–H and O–H groups in total. The van der Waals surface area contributed by atoms with Crippen LogP contribution >= 0.6 is 0 Å². The van der Waals surface area contributed by atoms with E-state index in [2.05, 4.69) is 0 Å². The average molecular weight is 415 g/mol. The summed E-state index contributed by atoms with van der Waals surface area (Å²) >= 11 is 0. The summed E-state index contributed by atoms with van der Waals surface area (Å²) in [7, 11) is -6.55. The highest BCUT2D eigenvalue weighted by atomic mass is 32.2. The minimum absolute atomic E-state index is 0.0412. The first kappa shape index (κ1) is 20.3. The van der Waals surface area contributed by atoms with Gasteiger partial charge in [-0.3, -0.25) is 4.79 Å². The molecule has 150 valence electrons. The molecule has 3 rings (SSSR count). The molecule has 2 heterocycles. The maximum Gasteiger partial charge on any atom is 0.225 e. The average Bonchev–Trinajstić information content (AvgIpc) is 2.79. The van der Waals surface area contributed by atoms with Crippen molar-refractivity contribution in [2.45, 2.75) is 24.5 Å². The number of piperidine rings is 1. The van der Waals surface area contributed by atoms with Crippen LogP contribution in [0.3, 0.4) is 0 Å². The van der Waals surface area contributed by atoms with Crippen LogP contribution in [0, 0.1) is 5.92 Å². The summed E-state index contributed by atoms with van der Waals surface area (Å²) in [6.45, 7) is 1.29. The van der Waals surface area contributed by atoms with Gasteiger partial charge in [0.1, 0.15) is 0 Å². The summed E-state index contributed by atoms with van der Waals surface area (Å²) in [6, 6.07) is 9.15. The maximum atomic E-state index is 12.9. The van der Waals surface area contributed by atoms with Crippen molar-refractivity contribution >= 4 is 25.8 Å². The summed E-state index contributed by atoms with van der Waals surface area (Å²) in [4.78, 5) is 14.5. The van der Waals surface area contributed by atoms with Crippen LogP contribution in [0.5, 0.6) is 0 Å². The minimum Gasteiger partial charge on any atom is -0.341 e. The number of sulfone groups is 1. The van der Waals surface area contributed by atoms with Crippen molar-refractivity contribution in [3.63, 3.8) is 0 Å². The van der Waals surface area contributed by atoms with E-state index in [1.165, 1.54) is 10.6 Å². The molecule has 1 aromatic rings. The van der Waals surface area contributed by atoms with Gasteiger partial charge in [0, 0.05) is 32.1 Å². The van der Waals surface area contributed by atoms with Crippen LogP contribution in [0.15, 0.2) is 30.3 Å². The smallest absolute Gasteiger partial charge is 0.225 e. The Labute approximate surface area is 161 Å². The standard InChI is InChI=1S/C18H26N2O5S2/c1-26(22,23)20-11-7-16(8-12-20)18(21)19-10-9-17(27(24,25)14-13-19)15-5-3-2-4-6-15/h2-6,16-17H,7-14H2,1H3. The highest BCUT2D eigenvalue weighted by Gasteiger charge is 2.36. The molecule has 0 radical (unpaired) electrons. The lowest BCUT2D eigenvalue weighted by Crippen LogP contribution is -2.44. The lowest BCUT2D eigenvalue weighted by Gasteiger charge is -2.32. The summed E-state index contributed by atoms with van der Waals surface area (Å²) < 4.78 is 50.0. The summed E-state index contributed by atoms with van der Waals surface area (Å²) in [5, 5.41) is -0.580. The molecule has 0 bridgehead atoms. The number of benzene rings is 1. The molecule has 0 aliphatic carbocycles. The van der Waals surface area contributed by atoms with Crippen LogP contribution in [0.2, 0.25) is 0 Å². The number of amides is 1. The highest BCUT2D eigenvalue weighted by molar-refractivity contribution is 7.91. The number of rotatable bonds is 3. The van der Waals surface area contributed by atoms with Crippen molar-refractivity contribution in [3.05, 3.63) is 35.9 Å². The molecule has 27 heavy (non-hydrogen) atoms. The quantitative estimate of drug-likeness (QED) is 0.737. The molecule has 2 saturated heterocycles. The maximum absolute atomic E-state index is 12.9. The van der Waals surface area contributed by atoms with Gasteiger partial charge in [-0.15, -0.1) is 0 Å². The fourth-order valence-corrected chi connectivity index (χ4v) is 6.57. The molecule has 0 aromatic heterocycles. The van der Waals surface area contributed by atoms with E-state index in [9.17, 15) is 21.6 Å². The van der Waals surface area contributed by atoms with Crippen molar-refractivity contribution in [1.82, 2.24) is 9.21 Å². The fraction of sp³-hybridized carbons (Fsp3) is 0.611. The third kappa shape index (κ3) is 4.70. The van der Waals surface area contributed by atoms with Gasteiger partial charge in [0.25, 0.3) is 0 Å². The van der Waals surface area contributed by atoms with E-state index in [-0.39, 0.29) is 24.1 Å². The molecule has 2 aliphatic heterocycles. The predicted octanol–water partition coefficient (Wildman–Crippen LogP) is 1.05. The first-order chi connectivity index (χ1) is 12.7. The zero-order valence-electron chi connectivity index (χ0n) is 15.5. The molecular weight excluding hydrogens is 388 g/mol. The first-order valence-corrected chi connectivity index (χ1v) is 12.8. The summed E-state index contributed by atoms with van der Waals surface area (Å²) in [5.41, 5.74) is 0.772. The molecule has 1 aromatic carbocycles. The van der Waals surface area contributed by atoms with E-state index >= 15 is 0 Å². The van der Waals surface area contributed by atoms with Crippen LogP contribution in [0.25, 0.3) is 0 Å². The highest BCUT2D eigenvalue weighted by Crippen LogP contribution is 2.30. The molecular formula is C18H26N2O5S2. The number of carbonyl (C=O) groups is 1. The van der Waals surface area contributed by atoms with Gasteiger partial charge in [0.2, 0.25) is 15.9 Å². The third-order valence-electron chi connectivity index (χ3n) is 5.50. The van der Waals surface area contributed by atoms with E-state index < -0.39 is 25.1 Å². The Hall–Kier alpha value is -1.45. The summed E-state index contributed by atoms with van der Waals surface area (Å²) in [6.07, 6.45) is 2.54. The van der Waals surface area contributed by atoms with Crippen LogP contribution < -0.4 is 0 Å². The van der Waals surface area contributed by atoms with E-state index in [0.717, 1.165) is 5.56 Å². The third-order valence-corrected chi connectivity index (χ3v) is 8.93. The second-order valence-corrected chi connectivity index (χ2v) is 11.6. The lowest BCUT2D eigenvalue weighted by atomic mass is 9.96. The van der Waals surface area contributed by atoms with Gasteiger partial charge in [-0.05, 0) is 24.8 Å². The van der Waals surface area contributed by atoms with Crippen molar-refractivity contribution in [1.29, 1.82) is 0 Å². The van der Waals surface area contributed by atoms with E-state index in [1.807, 2.05) is 30.3 Å². The van der Waals surface area contributed by atoms with Crippen molar-refractivity contribution < 1.29 is 21.6 Å². The van der Waals surface area contributed by atoms with Gasteiger partial charge in [-0.2, -0.15) is 0 Å². The van der Waals surface area contributed by atoms with Crippen molar-refractivity contribution in [2.75, 3.05) is 38.2 Å². The molecule has 1 atom stereocenters. The van der Waals surface area contributed by atoms with Crippen LogP contribution in [-0.4, -0.2) is 70.1 Å². The Morgan fingerprint density at radius 3 is 2.22 bits per heavy atom. The SMILES string of the molecule is CS(=O)(=O)N1CCC(C(=O)N2CCC(c3ccccc3)S(=O)(=O)CC2)CC1. The van der Waals surface area contributed by atoms with Gasteiger partial charge in [0.15, 0.2) is 9.84 Å². The van der Waals surface area contributed by atoms with Crippen molar-refractivity contribution in [2.24, 2.45) is 5.92 Å². The van der Waals surface area contributed by atoms with Crippen LogP contribution in [0.1, 0.15) is 30.1 Å². The first-order valence-electron chi connectivity index (χ1n) is 9.19. The Balaban J connectivity index is 1.66. The van der Waals surface area contributed by atoms with Gasteiger partial charge in [0.05, 0.1) is 17.3 Å². The molecule has 2 fully saturated rings. The molecule has 0 saturated carbocycles. The second kappa shape index (κ2) is 7.89. The molecule has 2 aliphatic rings. The van der Waals surface area contributed by atoms with E-state index in [1.54, 1.807) is 4.90 Å². The Kier molecular flexibility index (Phi) is 5.93. The molecule has 1 amide bonds. The number of sulfonamides is 1. The van der Waals surface area contributed by atoms with Crippen LogP contribution in [-0.2, 0) is 24.7 Å². The lowest BCUT2D eigenvalue weighted by molar-refractivity contribution is -0.136. The number of hydrogen-bond donors (Lipinski definition) is 0. The molecule has 7 nitrogen and oxygen atoms in total. The largest absolute Gasteiger partial charge is 0.341 e. The second-order valence-electron chi connectivity index (χ2n) is 7.32. The normalized spacial score (nSPS) is 25.1. The molecule has 9 heteroatoms. The molecule has 1 unspecified atom stereocenters. The monoisotopic (exact) mass is 414 g/mol. The van der Waals surface area contributed by atoms with Crippen LogP contribution in [0.4, 0.5) is 0 Å². The van der Waals surface area contributed by atoms with Gasteiger partial charge >= 0.3 is 0 Å². The van der Waals surface area contributed by atoms with Gasteiger partial charge in [-0.1, -0.05) is 30.3 Å². The summed E-state index contributed by atoms with van der Waals surface area (Å²) in [5.74, 6) is -0.327. The Morgan fingerprint density at radius 1 is 1.00 bits per heavy atom. The zero-order chi connectivity index (χ0) is 19.7. The Bertz CT molecular complexity index is 876. The zero-order valence-corrected chi connectivity index (χ0v) is 17.1. The topological polar surface area (TPSA) is 91.8 Å². The van der Waals surface area contributed by atoms with Gasteiger partial charge < -0.3 is 4.90 Å². The van der Waals surface area contributed by atoms with E-state index in [4.69, 9.17) is 0 Å². The van der Waals surface area contributed by atoms with Crippen molar-refractivity contribution in [3.8, 4) is 0 Å². The minimum atomic E-state index is -3.32.